The minimum Gasteiger partial charge on any atom is -0.492 e. The van der Waals surface area contributed by atoms with Crippen molar-refractivity contribution in [3.05, 3.63) is 30.3 Å². The fourth-order valence-corrected chi connectivity index (χ4v) is 2.30. The predicted molar refractivity (Wildman–Crippen MR) is 72.9 cm³/mol. The SMILES string of the molecule is OCCCN(CCOc1ccccc1)C1CCC1. The second kappa shape index (κ2) is 7.39. The van der Waals surface area contributed by atoms with E-state index in [-0.39, 0.29) is 6.61 Å². The first-order valence-corrected chi connectivity index (χ1v) is 6.93. The lowest BCUT2D eigenvalue weighted by Gasteiger charge is -2.37. The van der Waals surface area contributed by atoms with Crippen LogP contribution in [0.25, 0.3) is 0 Å². The zero-order chi connectivity index (χ0) is 12.6. The van der Waals surface area contributed by atoms with Crippen LogP contribution in [0.15, 0.2) is 30.3 Å². The molecular formula is C15H23NO2. The summed E-state index contributed by atoms with van der Waals surface area (Å²) in [6, 6.07) is 10.7. The molecule has 1 saturated carbocycles. The fraction of sp³-hybridized carbons (Fsp3) is 0.600. The van der Waals surface area contributed by atoms with Crippen LogP contribution >= 0.6 is 0 Å². The number of hydrogen-bond acceptors (Lipinski definition) is 3. The standard InChI is InChI=1S/C15H23NO2/c17-12-5-10-16(14-6-4-7-14)11-13-18-15-8-2-1-3-9-15/h1-3,8-9,14,17H,4-7,10-13H2. The molecule has 18 heavy (non-hydrogen) atoms. The van der Waals surface area contributed by atoms with Gasteiger partial charge in [-0.1, -0.05) is 24.6 Å². The van der Waals surface area contributed by atoms with Crippen molar-refractivity contribution >= 4 is 0 Å². The monoisotopic (exact) mass is 249 g/mol. The molecule has 0 spiro atoms. The molecule has 0 aromatic heterocycles. The maximum absolute atomic E-state index is 8.93. The van der Waals surface area contributed by atoms with Gasteiger partial charge in [-0.3, -0.25) is 4.90 Å². The van der Waals surface area contributed by atoms with Crippen LogP contribution in [-0.2, 0) is 0 Å². The summed E-state index contributed by atoms with van der Waals surface area (Å²) in [6.45, 7) is 2.95. The van der Waals surface area contributed by atoms with E-state index in [2.05, 4.69) is 4.90 Å². The van der Waals surface area contributed by atoms with Gasteiger partial charge in [0.1, 0.15) is 12.4 Å². The third-order valence-electron chi connectivity index (χ3n) is 3.58. The minimum atomic E-state index is 0.281. The van der Waals surface area contributed by atoms with Crippen molar-refractivity contribution < 1.29 is 9.84 Å². The molecule has 2 rings (SSSR count). The van der Waals surface area contributed by atoms with Gasteiger partial charge in [0.2, 0.25) is 0 Å². The van der Waals surface area contributed by atoms with Gasteiger partial charge in [0.15, 0.2) is 0 Å². The van der Waals surface area contributed by atoms with Crippen LogP contribution in [0.3, 0.4) is 0 Å². The molecule has 0 heterocycles. The average Bonchev–Trinajstić information content (AvgIpc) is 2.35. The molecular weight excluding hydrogens is 226 g/mol. The smallest absolute Gasteiger partial charge is 0.119 e. The molecule has 1 aromatic rings. The van der Waals surface area contributed by atoms with E-state index in [1.165, 1.54) is 19.3 Å². The first kappa shape index (κ1) is 13.4. The van der Waals surface area contributed by atoms with Crippen molar-refractivity contribution in [2.45, 2.75) is 31.7 Å². The van der Waals surface area contributed by atoms with Gasteiger partial charge in [-0.05, 0) is 31.4 Å². The normalized spacial score (nSPS) is 15.7. The lowest BCUT2D eigenvalue weighted by atomic mass is 9.91. The number of rotatable bonds is 8. The summed E-state index contributed by atoms with van der Waals surface area (Å²) in [4.78, 5) is 2.46. The molecule has 1 aliphatic rings. The second-order valence-corrected chi connectivity index (χ2v) is 4.86. The van der Waals surface area contributed by atoms with Crippen LogP contribution in [0.4, 0.5) is 0 Å². The van der Waals surface area contributed by atoms with E-state index in [4.69, 9.17) is 9.84 Å². The maximum Gasteiger partial charge on any atom is 0.119 e. The molecule has 0 radical (unpaired) electrons. The fourth-order valence-electron chi connectivity index (χ4n) is 2.30. The molecule has 0 unspecified atom stereocenters. The van der Waals surface area contributed by atoms with Crippen LogP contribution < -0.4 is 4.74 Å². The van der Waals surface area contributed by atoms with Gasteiger partial charge < -0.3 is 9.84 Å². The quantitative estimate of drug-likeness (QED) is 0.767. The number of benzene rings is 1. The number of ether oxygens (including phenoxy) is 1. The third-order valence-corrected chi connectivity index (χ3v) is 3.58. The highest BCUT2D eigenvalue weighted by atomic mass is 16.5. The summed E-state index contributed by atoms with van der Waals surface area (Å²) < 4.78 is 5.73. The Morgan fingerprint density at radius 2 is 1.94 bits per heavy atom. The zero-order valence-corrected chi connectivity index (χ0v) is 10.9. The molecule has 1 N–H and O–H groups in total. The molecule has 0 aliphatic heterocycles. The number of aliphatic hydroxyl groups excluding tert-OH is 1. The van der Waals surface area contributed by atoms with Gasteiger partial charge in [-0.2, -0.15) is 0 Å². The summed E-state index contributed by atoms with van der Waals surface area (Å²) in [5, 5.41) is 8.93. The van der Waals surface area contributed by atoms with Gasteiger partial charge in [0, 0.05) is 25.7 Å². The molecule has 0 atom stereocenters. The highest BCUT2D eigenvalue weighted by molar-refractivity contribution is 5.20. The molecule has 100 valence electrons. The lowest BCUT2D eigenvalue weighted by molar-refractivity contribution is 0.0984. The Balaban J connectivity index is 1.71. The second-order valence-electron chi connectivity index (χ2n) is 4.86. The molecule has 1 aliphatic carbocycles. The highest BCUT2D eigenvalue weighted by Crippen LogP contribution is 2.24. The Hall–Kier alpha value is -1.06. The van der Waals surface area contributed by atoms with Crippen LogP contribution in [0, 0.1) is 0 Å². The molecule has 0 saturated heterocycles. The van der Waals surface area contributed by atoms with Gasteiger partial charge in [-0.25, -0.2) is 0 Å². The molecule has 0 bridgehead atoms. The first-order chi connectivity index (χ1) is 8.90. The Kier molecular flexibility index (Phi) is 5.49. The Bertz CT molecular complexity index is 325. The molecule has 1 aromatic carbocycles. The highest BCUT2D eigenvalue weighted by Gasteiger charge is 2.24. The predicted octanol–water partition coefficient (Wildman–Crippen LogP) is 2.30. The van der Waals surface area contributed by atoms with Crippen LogP contribution in [0.1, 0.15) is 25.7 Å². The average molecular weight is 249 g/mol. The minimum absolute atomic E-state index is 0.281. The van der Waals surface area contributed by atoms with E-state index in [1.54, 1.807) is 0 Å². The van der Waals surface area contributed by atoms with Gasteiger partial charge in [-0.15, -0.1) is 0 Å². The molecule has 3 nitrogen and oxygen atoms in total. The van der Waals surface area contributed by atoms with E-state index < -0.39 is 0 Å². The first-order valence-electron chi connectivity index (χ1n) is 6.93. The van der Waals surface area contributed by atoms with Gasteiger partial charge >= 0.3 is 0 Å². The number of para-hydroxylation sites is 1. The summed E-state index contributed by atoms with van der Waals surface area (Å²) >= 11 is 0. The summed E-state index contributed by atoms with van der Waals surface area (Å²) in [7, 11) is 0. The Morgan fingerprint density at radius 3 is 2.56 bits per heavy atom. The van der Waals surface area contributed by atoms with Crippen molar-refractivity contribution in [2.75, 3.05) is 26.3 Å². The van der Waals surface area contributed by atoms with Crippen molar-refractivity contribution in [2.24, 2.45) is 0 Å². The summed E-state index contributed by atoms with van der Waals surface area (Å²) in [6.07, 6.45) is 4.81. The van der Waals surface area contributed by atoms with Crippen LogP contribution in [0.5, 0.6) is 5.75 Å². The van der Waals surface area contributed by atoms with Crippen LogP contribution in [-0.4, -0.2) is 42.4 Å². The van der Waals surface area contributed by atoms with E-state index >= 15 is 0 Å². The lowest BCUT2D eigenvalue weighted by Crippen LogP contribution is -2.43. The summed E-state index contributed by atoms with van der Waals surface area (Å²) in [5.74, 6) is 0.938. The van der Waals surface area contributed by atoms with E-state index in [0.717, 1.165) is 37.9 Å². The van der Waals surface area contributed by atoms with Crippen LogP contribution in [0.2, 0.25) is 0 Å². The zero-order valence-electron chi connectivity index (χ0n) is 10.9. The van der Waals surface area contributed by atoms with Gasteiger partial charge in [0.05, 0.1) is 0 Å². The number of aliphatic hydroxyl groups is 1. The van der Waals surface area contributed by atoms with E-state index in [0.29, 0.717) is 0 Å². The topological polar surface area (TPSA) is 32.7 Å². The largest absolute Gasteiger partial charge is 0.492 e. The maximum atomic E-state index is 8.93. The van der Waals surface area contributed by atoms with Crippen molar-refractivity contribution in [1.82, 2.24) is 4.90 Å². The molecule has 1 fully saturated rings. The summed E-state index contributed by atoms with van der Waals surface area (Å²) in [5.41, 5.74) is 0. The third kappa shape index (κ3) is 4.00. The Morgan fingerprint density at radius 1 is 1.17 bits per heavy atom. The number of nitrogens with zero attached hydrogens (tertiary/aromatic N) is 1. The van der Waals surface area contributed by atoms with E-state index in [1.807, 2.05) is 30.3 Å². The molecule has 3 heteroatoms. The van der Waals surface area contributed by atoms with Crippen molar-refractivity contribution in [3.63, 3.8) is 0 Å². The van der Waals surface area contributed by atoms with Crippen molar-refractivity contribution in [1.29, 1.82) is 0 Å². The van der Waals surface area contributed by atoms with Gasteiger partial charge in [0.25, 0.3) is 0 Å². The number of hydrogen-bond donors (Lipinski definition) is 1. The van der Waals surface area contributed by atoms with Crippen molar-refractivity contribution in [3.8, 4) is 5.75 Å². The Labute approximate surface area is 109 Å². The van der Waals surface area contributed by atoms with E-state index in [9.17, 15) is 0 Å². The molecule has 0 amide bonds.